The van der Waals surface area contributed by atoms with Crippen LogP contribution in [0.25, 0.3) is 0 Å². The molecule has 59 heavy (non-hydrogen) atoms. The van der Waals surface area contributed by atoms with E-state index in [-0.39, 0.29) is 19.3 Å². The lowest BCUT2D eigenvalue weighted by molar-refractivity contribution is -0.188. The maximum Gasteiger partial charge on any atom is 0.484 e. The Kier molecular flexibility index (Phi) is 39.5. The van der Waals surface area contributed by atoms with Crippen molar-refractivity contribution in [2.75, 3.05) is 16.0 Å². The van der Waals surface area contributed by atoms with Gasteiger partial charge in [-0.25, -0.2) is 18.1 Å². The zero-order valence-corrected chi connectivity index (χ0v) is 43.5. The summed E-state index contributed by atoms with van der Waals surface area (Å²) in [6.45, 7) is 11.8. The molecule has 350 valence electrons. The van der Waals surface area contributed by atoms with Gasteiger partial charge in [0.2, 0.25) is 18.9 Å². The third-order valence-electron chi connectivity index (χ3n) is 10.3. The number of phosphoric acid groups is 1. The minimum absolute atomic E-state index is 0.249. The molecule has 0 aliphatic rings. The second-order valence-electron chi connectivity index (χ2n) is 16.3. The van der Waals surface area contributed by atoms with Crippen LogP contribution in [0.5, 0.6) is 0 Å². The normalized spacial score (nSPS) is 15.7. The zero-order chi connectivity index (χ0) is 44.2. The molecule has 0 fully saturated rings. The van der Waals surface area contributed by atoms with Crippen molar-refractivity contribution in [3.05, 3.63) is 0 Å². The van der Waals surface area contributed by atoms with Gasteiger partial charge in [0.25, 0.3) is 0 Å². The van der Waals surface area contributed by atoms with Gasteiger partial charge in [-0.1, -0.05) is 224 Å². The number of ether oxygens (including phenoxy) is 3. The molecule has 0 aromatic rings. The van der Waals surface area contributed by atoms with E-state index in [1.54, 1.807) is 20.8 Å². The van der Waals surface area contributed by atoms with Gasteiger partial charge in [-0.3, -0.25) is 14.4 Å². The molecule has 0 aromatic carbocycles. The molecular formula is C45H84Br3O10P. The zero-order valence-electron chi connectivity index (χ0n) is 37.8. The molecule has 0 spiro atoms. The molecule has 0 N–H and O–H groups in total. The van der Waals surface area contributed by atoms with Gasteiger partial charge in [0, 0.05) is 35.3 Å². The number of phosphoric ester groups is 1. The Bertz CT molecular complexity index is 958. The van der Waals surface area contributed by atoms with Crippen molar-refractivity contribution in [1.29, 1.82) is 0 Å². The predicted molar refractivity (Wildman–Crippen MR) is 251 cm³/mol. The van der Waals surface area contributed by atoms with Crippen LogP contribution in [0.4, 0.5) is 0 Å². The van der Waals surface area contributed by atoms with Crippen molar-refractivity contribution in [3.8, 4) is 0 Å². The fourth-order valence-corrected chi connectivity index (χ4v) is 8.42. The topological polar surface area (TPSA) is 124 Å². The molecule has 0 aliphatic heterocycles. The lowest BCUT2D eigenvalue weighted by Crippen LogP contribution is -2.31. The van der Waals surface area contributed by atoms with E-state index in [4.69, 9.17) is 27.8 Å². The number of halogens is 3. The molecule has 6 atom stereocenters. The van der Waals surface area contributed by atoms with Gasteiger partial charge in [0.1, 0.15) is 0 Å². The highest BCUT2D eigenvalue weighted by Gasteiger charge is 2.41. The van der Waals surface area contributed by atoms with E-state index in [1.807, 2.05) is 0 Å². The SMILES string of the molecule is CCCCCCCCCCC(OC(=O)C(C)CBr)OP(=O)(OC(CCCCCCCCCC)OC(=O)C(C)CBr)OC(CCCCCCCCCC)OC(=O)C(C)CBr. The molecule has 0 amide bonds. The minimum Gasteiger partial charge on any atom is -0.435 e. The Labute approximate surface area is 385 Å². The van der Waals surface area contributed by atoms with Gasteiger partial charge < -0.3 is 14.2 Å². The highest BCUT2D eigenvalue weighted by molar-refractivity contribution is 9.09. The molecule has 0 saturated carbocycles. The monoisotopic (exact) mass is 1050 g/mol. The second-order valence-corrected chi connectivity index (χ2v) is 19.8. The van der Waals surface area contributed by atoms with Crippen molar-refractivity contribution in [2.24, 2.45) is 17.8 Å². The highest BCUT2D eigenvalue weighted by Crippen LogP contribution is 2.55. The summed E-state index contributed by atoms with van der Waals surface area (Å²) in [5.74, 6) is -3.08. The van der Waals surface area contributed by atoms with E-state index >= 15 is 4.57 Å². The first-order valence-corrected chi connectivity index (χ1v) is 28.2. The van der Waals surface area contributed by atoms with Gasteiger partial charge in [0.05, 0.1) is 17.8 Å². The summed E-state index contributed by atoms with van der Waals surface area (Å²) in [4.78, 5) is 39.5. The van der Waals surface area contributed by atoms with Crippen molar-refractivity contribution in [3.63, 3.8) is 0 Å². The van der Waals surface area contributed by atoms with Crippen molar-refractivity contribution in [1.82, 2.24) is 0 Å². The third-order valence-corrected chi connectivity index (χ3v) is 14.7. The molecule has 0 aromatic heterocycles. The van der Waals surface area contributed by atoms with Crippen LogP contribution in [-0.4, -0.2) is 52.8 Å². The van der Waals surface area contributed by atoms with Crippen molar-refractivity contribution >= 4 is 73.5 Å². The average molecular weight is 1060 g/mol. The van der Waals surface area contributed by atoms with Crippen LogP contribution >= 0.6 is 55.6 Å². The van der Waals surface area contributed by atoms with Gasteiger partial charge >= 0.3 is 25.7 Å². The Balaban J connectivity index is 6.57. The summed E-state index contributed by atoms with van der Waals surface area (Å²) in [6, 6.07) is 0. The first-order chi connectivity index (χ1) is 28.4. The Morgan fingerprint density at radius 2 is 0.593 bits per heavy atom. The molecule has 0 radical (unpaired) electrons. The number of esters is 3. The number of carbonyl (C=O) groups is 3. The predicted octanol–water partition coefficient (Wildman–Crippen LogP) is 15.4. The summed E-state index contributed by atoms with van der Waals surface area (Å²) in [5.41, 5.74) is 0. The molecule has 10 nitrogen and oxygen atoms in total. The largest absolute Gasteiger partial charge is 0.484 e. The van der Waals surface area contributed by atoms with Crippen molar-refractivity contribution < 1.29 is 46.7 Å². The highest BCUT2D eigenvalue weighted by atomic mass is 79.9. The van der Waals surface area contributed by atoms with Crippen molar-refractivity contribution in [2.45, 2.75) is 234 Å². The van der Waals surface area contributed by atoms with E-state index in [0.29, 0.717) is 35.3 Å². The maximum atomic E-state index is 15.1. The standard InChI is InChI=1S/C45H84Br3O10P/c1-7-10-13-16-19-22-25-28-31-40(53-43(49)37(4)34-46)56-59(52,57-41(54-44(50)38(5)35-47)32-29-26-23-20-17-14-11-8-2)58-42(55-45(51)39(6)36-48)33-30-27-24-21-18-15-12-9-3/h37-42H,7-36H2,1-6H3. The molecule has 14 heteroatoms. The van der Waals surface area contributed by atoms with E-state index < -0.39 is 62.4 Å². The maximum absolute atomic E-state index is 15.1. The summed E-state index contributed by atoms with van der Waals surface area (Å²) < 4.78 is 51.2. The fraction of sp³-hybridized carbons (Fsp3) is 0.933. The van der Waals surface area contributed by atoms with E-state index in [1.165, 1.54) is 77.0 Å². The van der Waals surface area contributed by atoms with Gasteiger partial charge in [0.15, 0.2) is 0 Å². The van der Waals surface area contributed by atoms with Crippen LogP contribution < -0.4 is 0 Å². The van der Waals surface area contributed by atoms with Crippen LogP contribution in [0.2, 0.25) is 0 Å². The Morgan fingerprint density at radius 3 is 0.797 bits per heavy atom. The van der Waals surface area contributed by atoms with E-state index in [9.17, 15) is 14.4 Å². The van der Waals surface area contributed by atoms with Gasteiger partial charge in [-0.2, -0.15) is 0 Å². The van der Waals surface area contributed by atoms with Gasteiger partial charge in [-0.15, -0.1) is 0 Å². The van der Waals surface area contributed by atoms with Gasteiger partial charge in [-0.05, 0) is 19.3 Å². The lowest BCUT2D eigenvalue weighted by Gasteiger charge is -2.30. The number of hydrogen-bond acceptors (Lipinski definition) is 10. The average Bonchev–Trinajstić information content (AvgIpc) is 3.22. The molecule has 0 rings (SSSR count). The second kappa shape index (κ2) is 39.5. The number of unbranched alkanes of at least 4 members (excludes halogenated alkanes) is 21. The number of hydrogen-bond donors (Lipinski definition) is 0. The first kappa shape index (κ1) is 59.0. The molecule has 0 aliphatic carbocycles. The summed E-state index contributed by atoms with van der Waals surface area (Å²) in [5, 5.41) is 1.10. The molecule has 0 bridgehead atoms. The quantitative estimate of drug-likeness (QED) is 0.0146. The van der Waals surface area contributed by atoms with Crippen LogP contribution in [0.1, 0.15) is 215 Å². The Hall–Kier alpha value is -0.0400. The fourth-order valence-electron chi connectivity index (χ4n) is 6.17. The van der Waals surface area contributed by atoms with E-state index in [2.05, 4.69) is 68.6 Å². The van der Waals surface area contributed by atoms with Crippen LogP contribution in [0.15, 0.2) is 0 Å². The third kappa shape index (κ3) is 32.3. The summed E-state index contributed by atoms with van der Waals surface area (Å²) in [6.07, 6.45) is 22.2. The summed E-state index contributed by atoms with van der Waals surface area (Å²) in [7, 11) is -4.76. The minimum atomic E-state index is -4.76. The Morgan fingerprint density at radius 1 is 0.390 bits per heavy atom. The molecule has 0 heterocycles. The smallest absolute Gasteiger partial charge is 0.435 e. The van der Waals surface area contributed by atoms with Crippen LogP contribution in [0.3, 0.4) is 0 Å². The molecule has 0 saturated heterocycles. The number of alkyl halides is 3. The molecule has 6 unspecified atom stereocenters. The molecular weight excluding hydrogens is 971 g/mol. The summed E-state index contributed by atoms with van der Waals surface area (Å²) >= 11 is 10.1. The van der Waals surface area contributed by atoms with Crippen LogP contribution in [0, 0.1) is 17.8 Å². The van der Waals surface area contributed by atoms with Crippen LogP contribution in [-0.2, 0) is 46.7 Å². The number of carbonyl (C=O) groups excluding carboxylic acids is 3. The first-order valence-electron chi connectivity index (χ1n) is 23.3. The number of rotatable bonds is 42. The lowest BCUT2D eigenvalue weighted by atomic mass is 10.1. The van der Waals surface area contributed by atoms with E-state index in [0.717, 1.165) is 57.8 Å².